The van der Waals surface area contributed by atoms with Gasteiger partial charge in [0, 0.05) is 18.1 Å². The Kier molecular flexibility index (Phi) is 4.77. The number of allylic oxidation sites excluding steroid dienone is 5. The molecule has 1 heteroatoms. The Labute approximate surface area is 104 Å². The van der Waals surface area contributed by atoms with Crippen LogP contribution in [0.1, 0.15) is 25.1 Å². The highest BCUT2D eigenvalue weighted by atomic mass is 14.9. The van der Waals surface area contributed by atoms with Crippen LogP contribution in [0.5, 0.6) is 0 Å². The van der Waals surface area contributed by atoms with E-state index in [4.69, 9.17) is 0 Å². The van der Waals surface area contributed by atoms with Gasteiger partial charge >= 0.3 is 0 Å². The van der Waals surface area contributed by atoms with Crippen molar-refractivity contribution in [1.82, 2.24) is 4.57 Å². The van der Waals surface area contributed by atoms with Gasteiger partial charge < -0.3 is 4.57 Å². The van der Waals surface area contributed by atoms with E-state index in [0.717, 1.165) is 5.22 Å². The summed E-state index contributed by atoms with van der Waals surface area (Å²) >= 11 is 0. The Balaban J connectivity index is 3.40. The van der Waals surface area contributed by atoms with Crippen molar-refractivity contribution in [1.29, 1.82) is 0 Å². The Morgan fingerprint density at radius 1 is 1.06 bits per heavy atom. The molecule has 0 N–H and O–H groups in total. The standard InChI is InChI=1S/C16H21N/c1-6-8-10-12-16-14(4)13(3)15(17(16)5)11-9-7-2/h6-12H,3H2,1-2,4-5H3/b8-6-,9-7-,12-10-,15-11+. The first-order valence-corrected chi connectivity index (χ1v) is 5.90. The molecule has 1 aromatic heterocycles. The van der Waals surface area contributed by atoms with Crippen LogP contribution >= 0.6 is 0 Å². The van der Waals surface area contributed by atoms with Gasteiger partial charge in [-0.05, 0) is 43.7 Å². The van der Waals surface area contributed by atoms with Gasteiger partial charge in [0.1, 0.15) is 0 Å². The Hall–Kier alpha value is -1.76. The van der Waals surface area contributed by atoms with Gasteiger partial charge in [-0.3, -0.25) is 0 Å². The zero-order chi connectivity index (χ0) is 12.8. The van der Waals surface area contributed by atoms with Gasteiger partial charge in [0.25, 0.3) is 0 Å². The third-order valence-electron chi connectivity index (χ3n) is 2.87. The summed E-state index contributed by atoms with van der Waals surface area (Å²) in [6, 6.07) is 0. The summed E-state index contributed by atoms with van der Waals surface area (Å²) in [7, 11) is 2.08. The fraction of sp³-hybridized carbons (Fsp3) is 0.250. The molecule has 0 saturated carbocycles. The van der Waals surface area contributed by atoms with Crippen molar-refractivity contribution in [2.75, 3.05) is 0 Å². The van der Waals surface area contributed by atoms with Crippen molar-refractivity contribution in [3.8, 4) is 0 Å². The number of hydrogen-bond donors (Lipinski definition) is 0. The molecule has 0 aromatic carbocycles. The second kappa shape index (κ2) is 6.09. The maximum atomic E-state index is 4.14. The maximum absolute atomic E-state index is 4.14. The molecule has 0 saturated heterocycles. The molecule has 1 rings (SSSR count). The van der Waals surface area contributed by atoms with Crippen molar-refractivity contribution < 1.29 is 0 Å². The highest BCUT2D eigenvalue weighted by Crippen LogP contribution is 2.03. The Bertz CT molecular complexity index is 566. The van der Waals surface area contributed by atoms with Crippen LogP contribution in [0.15, 0.2) is 30.4 Å². The van der Waals surface area contributed by atoms with Gasteiger partial charge in [0.15, 0.2) is 0 Å². The lowest BCUT2D eigenvalue weighted by Crippen LogP contribution is -2.26. The first kappa shape index (κ1) is 13.3. The molecular formula is C16H21N. The molecule has 0 atom stereocenters. The predicted molar refractivity (Wildman–Crippen MR) is 78.0 cm³/mol. The first-order chi connectivity index (χ1) is 8.13. The molecule has 0 fully saturated rings. The van der Waals surface area contributed by atoms with E-state index < -0.39 is 0 Å². The summed E-state index contributed by atoms with van der Waals surface area (Å²) < 4.78 is 2.18. The van der Waals surface area contributed by atoms with E-state index in [9.17, 15) is 0 Å². The maximum Gasteiger partial charge on any atom is 0.0479 e. The monoisotopic (exact) mass is 227 g/mol. The van der Waals surface area contributed by atoms with Gasteiger partial charge in [0.2, 0.25) is 0 Å². The molecule has 0 bridgehead atoms. The molecule has 0 radical (unpaired) electrons. The van der Waals surface area contributed by atoms with E-state index in [1.165, 1.54) is 16.6 Å². The molecule has 0 aliphatic carbocycles. The fourth-order valence-electron chi connectivity index (χ4n) is 1.82. The summed E-state index contributed by atoms with van der Waals surface area (Å²) in [5, 5.41) is 2.27. The van der Waals surface area contributed by atoms with E-state index >= 15 is 0 Å². The van der Waals surface area contributed by atoms with Crippen LogP contribution in [0.25, 0.3) is 18.7 Å². The lowest BCUT2D eigenvalue weighted by Gasteiger charge is -1.98. The molecule has 0 amide bonds. The molecule has 0 aliphatic heterocycles. The summed E-state index contributed by atoms with van der Waals surface area (Å²) in [5.74, 6) is 0. The smallest absolute Gasteiger partial charge is 0.0479 e. The van der Waals surface area contributed by atoms with E-state index in [-0.39, 0.29) is 0 Å². The fourth-order valence-corrected chi connectivity index (χ4v) is 1.82. The Morgan fingerprint density at radius 2 is 1.71 bits per heavy atom. The van der Waals surface area contributed by atoms with Crippen LogP contribution in [0.2, 0.25) is 0 Å². The van der Waals surface area contributed by atoms with Gasteiger partial charge in [-0.1, -0.05) is 37.0 Å². The minimum atomic E-state index is 1.10. The average molecular weight is 227 g/mol. The second-order valence-electron chi connectivity index (χ2n) is 4.01. The predicted octanol–water partition coefficient (Wildman–Crippen LogP) is 2.69. The molecule has 17 heavy (non-hydrogen) atoms. The minimum Gasteiger partial charge on any atom is -0.344 e. The minimum absolute atomic E-state index is 1.10. The lowest BCUT2D eigenvalue weighted by molar-refractivity contribution is 0.876. The van der Waals surface area contributed by atoms with Gasteiger partial charge in [0.05, 0.1) is 0 Å². The largest absolute Gasteiger partial charge is 0.344 e. The highest BCUT2D eigenvalue weighted by Gasteiger charge is 2.03. The van der Waals surface area contributed by atoms with Gasteiger partial charge in [-0.25, -0.2) is 0 Å². The van der Waals surface area contributed by atoms with Crippen LogP contribution in [0, 0.1) is 6.92 Å². The van der Waals surface area contributed by atoms with Crippen molar-refractivity contribution in [3.05, 3.63) is 52.2 Å². The molecule has 1 nitrogen and oxygen atoms in total. The number of rotatable bonds is 3. The summed E-state index contributed by atoms with van der Waals surface area (Å²) in [6.07, 6.45) is 14.4. The molecule has 90 valence electrons. The molecular weight excluding hydrogens is 206 g/mol. The lowest BCUT2D eigenvalue weighted by atomic mass is 10.2. The van der Waals surface area contributed by atoms with E-state index in [0.29, 0.717) is 0 Å². The topological polar surface area (TPSA) is 4.93 Å². The molecule has 1 aromatic rings. The van der Waals surface area contributed by atoms with E-state index in [1.807, 2.05) is 38.2 Å². The second-order valence-corrected chi connectivity index (χ2v) is 4.01. The highest BCUT2D eigenvalue weighted by molar-refractivity contribution is 5.54. The van der Waals surface area contributed by atoms with Crippen molar-refractivity contribution >= 4 is 18.7 Å². The van der Waals surface area contributed by atoms with Gasteiger partial charge in [-0.2, -0.15) is 0 Å². The van der Waals surface area contributed by atoms with Crippen molar-refractivity contribution in [2.45, 2.75) is 20.8 Å². The number of nitrogens with zero attached hydrogens (tertiary/aromatic N) is 1. The van der Waals surface area contributed by atoms with Crippen LogP contribution in [0.4, 0.5) is 0 Å². The zero-order valence-corrected chi connectivity index (χ0v) is 11.2. The first-order valence-electron chi connectivity index (χ1n) is 5.90. The summed E-state index contributed by atoms with van der Waals surface area (Å²) in [5.41, 5.74) is 2.45. The molecule has 0 spiro atoms. The van der Waals surface area contributed by atoms with Crippen molar-refractivity contribution in [3.63, 3.8) is 0 Å². The van der Waals surface area contributed by atoms with Crippen LogP contribution < -0.4 is 10.6 Å². The average Bonchev–Trinajstić information content (AvgIpc) is 2.52. The van der Waals surface area contributed by atoms with Crippen LogP contribution in [-0.4, -0.2) is 4.57 Å². The summed E-state index contributed by atoms with van der Waals surface area (Å²) in [4.78, 5) is 0. The van der Waals surface area contributed by atoms with Gasteiger partial charge in [-0.15, -0.1) is 0 Å². The van der Waals surface area contributed by atoms with E-state index in [2.05, 4.69) is 43.3 Å². The van der Waals surface area contributed by atoms with Crippen LogP contribution in [-0.2, 0) is 7.05 Å². The quantitative estimate of drug-likeness (QED) is 0.700. The summed E-state index contributed by atoms with van der Waals surface area (Å²) in [6.45, 7) is 10.3. The van der Waals surface area contributed by atoms with Crippen LogP contribution in [0.3, 0.4) is 0 Å². The normalized spacial score (nSPS) is 13.8. The third kappa shape index (κ3) is 2.88. The molecule has 1 heterocycles. The number of hydrogen-bond acceptors (Lipinski definition) is 0. The molecule has 0 unspecified atom stereocenters. The van der Waals surface area contributed by atoms with E-state index in [1.54, 1.807) is 0 Å². The number of aromatic nitrogens is 1. The SMILES string of the molecule is C=c1c(C)c(/C=C\C=C/C)n(C)/c1=C/C=C\C. The Morgan fingerprint density at radius 3 is 2.29 bits per heavy atom. The zero-order valence-electron chi connectivity index (χ0n) is 11.2. The third-order valence-corrected chi connectivity index (χ3v) is 2.87. The van der Waals surface area contributed by atoms with Crippen molar-refractivity contribution in [2.24, 2.45) is 7.05 Å². The molecule has 0 aliphatic rings.